The van der Waals surface area contributed by atoms with Crippen molar-refractivity contribution in [3.63, 3.8) is 0 Å². The van der Waals surface area contributed by atoms with Crippen LogP contribution in [0.25, 0.3) is 22.3 Å². The number of hydrogen-bond acceptors (Lipinski definition) is 3. The number of fused-ring (bicyclic) bond motifs is 1. The number of nitrogens with zero attached hydrogens (tertiary/aromatic N) is 3. The van der Waals surface area contributed by atoms with Crippen LogP contribution in [0.4, 0.5) is 0 Å². The second kappa shape index (κ2) is 10.4. The lowest BCUT2D eigenvalue weighted by Gasteiger charge is -2.06. The standard InChI is InChI=1S/C24H35N3O/c1-4-6-8-9-10-11-17-27-18-16-20-21(14-12-15-22(20)27)23-25-24(28-26-23)19(3)13-7-5-2/h12,14-16,18-19H,4-11,13,17H2,1-3H3/t19-/m0/s1. The van der Waals surface area contributed by atoms with E-state index in [9.17, 15) is 0 Å². The van der Waals surface area contributed by atoms with Gasteiger partial charge in [0, 0.05) is 35.1 Å². The Bertz CT molecular complexity index is 849. The highest BCUT2D eigenvalue weighted by atomic mass is 16.5. The van der Waals surface area contributed by atoms with E-state index in [2.05, 4.69) is 61.0 Å². The third-order valence-corrected chi connectivity index (χ3v) is 5.66. The Morgan fingerprint density at radius 1 is 0.964 bits per heavy atom. The second-order valence-electron chi connectivity index (χ2n) is 8.01. The summed E-state index contributed by atoms with van der Waals surface area (Å²) in [4.78, 5) is 4.71. The van der Waals surface area contributed by atoms with Crippen molar-refractivity contribution in [3.05, 3.63) is 36.4 Å². The van der Waals surface area contributed by atoms with Crippen LogP contribution in [-0.2, 0) is 6.54 Å². The summed E-state index contributed by atoms with van der Waals surface area (Å²) >= 11 is 0. The van der Waals surface area contributed by atoms with Crippen molar-refractivity contribution in [1.29, 1.82) is 0 Å². The van der Waals surface area contributed by atoms with Gasteiger partial charge in [-0.3, -0.25) is 0 Å². The van der Waals surface area contributed by atoms with Crippen LogP contribution in [0.1, 0.15) is 90.4 Å². The van der Waals surface area contributed by atoms with Crippen molar-refractivity contribution in [2.24, 2.45) is 0 Å². The van der Waals surface area contributed by atoms with Crippen LogP contribution in [-0.4, -0.2) is 14.7 Å². The minimum atomic E-state index is 0.317. The lowest BCUT2D eigenvalue weighted by molar-refractivity contribution is 0.351. The van der Waals surface area contributed by atoms with Crippen LogP contribution in [0.15, 0.2) is 35.0 Å². The minimum absolute atomic E-state index is 0.317. The van der Waals surface area contributed by atoms with Crippen LogP contribution in [0.2, 0.25) is 0 Å². The Morgan fingerprint density at radius 3 is 2.57 bits per heavy atom. The quantitative estimate of drug-likeness (QED) is 0.308. The van der Waals surface area contributed by atoms with Gasteiger partial charge in [-0.15, -0.1) is 0 Å². The summed E-state index contributed by atoms with van der Waals surface area (Å²) in [6.07, 6.45) is 13.6. The molecule has 4 heteroatoms. The molecule has 0 unspecified atom stereocenters. The van der Waals surface area contributed by atoms with Crippen molar-refractivity contribution in [2.75, 3.05) is 0 Å². The number of benzene rings is 1. The molecule has 0 saturated heterocycles. The monoisotopic (exact) mass is 381 g/mol. The molecule has 0 aliphatic carbocycles. The maximum Gasteiger partial charge on any atom is 0.229 e. The SMILES string of the molecule is CCCCCCCCn1ccc2c(-c3noc([C@@H](C)CCCC)n3)cccc21. The number of aromatic nitrogens is 3. The fraction of sp³-hybridized carbons (Fsp3) is 0.583. The van der Waals surface area contributed by atoms with Crippen LogP contribution >= 0.6 is 0 Å². The fourth-order valence-corrected chi connectivity index (χ4v) is 3.85. The molecule has 3 rings (SSSR count). The molecule has 0 amide bonds. The summed E-state index contributed by atoms with van der Waals surface area (Å²) in [6.45, 7) is 7.72. The van der Waals surface area contributed by atoms with E-state index in [4.69, 9.17) is 9.51 Å². The smallest absolute Gasteiger partial charge is 0.229 e. The average Bonchev–Trinajstić information content (AvgIpc) is 3.36. The largest absolute Gasteiger partial charge is 0.347 e. The van der Waals surface area contributed by atoms with Crippen LogP contribution in [0.5, 0.6) is 0 Å². The summed E-state index contributed by atoms with van der Waals surface area (Å²) < 4.78 is 7.94. The average molecular weight is 382 g/mol. The third kappa shape index (κ3) is 5.03. The van der Waals surface area contributed by atoms with E-state index in [-0.39, 0.29) is 0 Å². The first-order valence-electron chi connectivity index (χ1n) is 11.2. The van der Waals surface area contributed by atoms with E-state index < -0.39 is 0 Å². The van der Waals surface area contributed by atoms with Crippen LogP contribution in [0.3, 0.4) is 0 Å². The first-order chi connectivity index (χ1) is 13.7. The molecule has 0 spiro atoms. The first kappa shape index (κ1) is 20.6. The topological polar surface area (TPSA) is 43.9 Å². The van der Waals surface area contributed by atoms with Gasteiger partial charge in [0.1, 0.15) is 0 Å². The molecule has 3 aromatic rings. The van der Waals surface area contributed by atoms with Gasteiger partial charge in [0.2, 0.25) is 11.7 Å². The van der Waals surface area contributed by atoms with E-state index in [1.807, 2.05) is 0 Å². The van der Waals surface area contributed by atoms with Crippen molar-refractivity contribution < 1.29 is 4.52 Å². The highest BCUT2D eigenvalue weighted by Gasteiger charge is 2.17. The number of rotatable bonds is 12. The zero-order chi connectivity index (χ0) is 19.8. The van der Waals surface area contributed by atoms with Gasteiger partial charge < -0.3 is 9.09 Å². The van der Waals surface area contributed by atoms with E-state index in [0.29, 0.717) is 11.7 Å². The number of hydrogen-bond donors (Lipinski definition) is 0. The highest BCUT2D eigenvalue weighted by molar-refractivity contribution is 5.93. The second-order valence-corrected chi connectivity index (χ2v) is 8.01. The number of aryl methyl sites for hydroxylation is 1. The highest BCUT2D eigenvalue weighted by Crippen LogP contribution is 2.29. The molecule has 2 heterocycles. The molecule has 0 saturated carbocycles. The fourth-order valence-electron chi connectivity index (χ4n) is 3.85. The molecule has 0 bridgehead atoms. The number of unbranched alkanes of at least 4 members (excludes halogenated alkanes) is 6. The Kier molecular flexibility index (Phi) is 7.70. The first-order valence-corrected chi connectivity index (χ1v) is 11.2. The lowest BCUT2D eigenvalue weighted by Crippen LogP contribution is -1.96. The zero-order valence-electron chi connectivity index (χ0n) is 17.8. The van der Waals surface area contributed by atoms with E-state index in [1.165, 1.54) is 62.3 Å². The summed E-state index contributed by atoms with van der Waals surface area (Å²) in [6, 6.07) is 8.59. The Balaban J connectivity index is 1.70. The molecule has 152 valence electrons. The predicted molar refractivity (Wildman–Crippen MR) is 117 cm³/mol. The normalized spacial score (nSPS) is 12.7. The Morgan fingerprint density at radius 2 is 1.75 bits per heavy atom. The molecule has 4 nitrogen and oxygen atoms in total. The molecule has 0 radical (unpaired) electrons. The maximum absolute atomic E-state index is 5.58. The summed E-state index contributed by atoms with van der Waals surface area (Å²) in [5.41, 5.74) is 2.33. The van der Waals surface area contributed by atoms with Crippen molar-refractivity contribution >= 4 is 10.9 Å². The van der Waals surface area contributed by atoms with Crippen LogP contribution in [0, 0.1) is 0 Å². The molecule has 28 heavy (non-hydrogen) atoms. The molecule has 0 aliphatic rings. The van der Waals surface area contributed by atoms with Gasteiger partial charge in [-0.1, -0.05) is 83.0 Å². The minimum Gasteiger partial charge on any atom is -0.347 e. The molecule has 0 fully saturated rings. The summed E-state index contributed by atoms with van der Waals surface area (Å²) in [5, 5.41) is 5.49. The van der Waals surface area contributed by atoms with Crippen LogP contribution < -0.4 is 0 Å². The van der Waals surface area contributed by atoms with Gasteiger partial charge in [-0.05, 0) is 25.0 Å². The van der Waals surface area contributed by atoms with E-state index in [0.717, 1.165) is 24.4 Å². The summed E-state index contributed by atoms with van der Waals surface area (Å²) in [5.74, 6) is 1.78. The van der Waals surface area contributed by atoms with Gasteiger partial charge >= 0.3 is 0 Å². The van der Waals surface area contributed by atoms with E-state index in [1.54, 1.807) is 0 Å². The van der Waals surface area contributed by atoms with Gasteiger partial charge in [-0.25, -0.2) is 0 Å². The molecule has 2 aromatic heterocycles. The molecule has 1 aromatic carbocycles. The maximum atomic E-state index is 5.58. The molecular weight excluding hydrogens is 346 g/mol. The predicted octanol–water partition coefficient (Wildman–Crippen LogP) is 7.35. The van der Waals surface area contributed by atoms with Gasteiger partial charge in [0.05, 0.1) is 0 Å². The molecule has 1 atom stereocenters. The zero-order valence-corrected chi connectivity index (χ0v) is 17.8. The Hall–Kier alpha value is -2.10. The van der Waals surface area contributed by atoms with Crippen molar-refractivity contribution in [1.82, 2.24) is 14.7 Å². The van der Waals surface area contributed by atoms with Gasteiger partial charge in [0.25, 0.3) is 0 Å². The molecular formula is C24H35N3O. The molecule has 0 aliphatic heterocycles. The van der Waals surface area contributed by atoms with Gasteiger partial charge in [0.15, 0.2) is 0 Å². The van der Waals surface area contributed by atoms with Crippen molar-refractivity contribution in [2.45, 2.75) is 91.0 Å². The van der Waals surface area contributed by atoms with Gasteiger partial charge in [-0.2, -0.15) is 4.98 Å². The lowest BCUT2D eigenvalue weighted by atomic mass is 10.0. The van der Waals surface area contributed by atoms with Crippen molar-refractivity contribution in [3.8, 4) is 11.4 Å². The summed E-state index contributed by atoms with van der Waals surface area (Å²) in [7, 11) is 0. The molecule has 0 N–H and O–H groups in total. The Labute approximate surface area is 169 Å². The third-order valence-electron chi connectivity index (χ3n) is 5.66. The van der Waals surface area contributed by atoms with E-state index >= 15 is 0 Å².